The first-order valence-corrected chi connectivity index (χ1v) is 6.23. The maximum Gasteiger partial charge on any atom is 0.314 e. The molecular weight excluding hydrogens is 224 g/mol. The van der Waals surface area contributed by atoms with Gasteiger partial charge in [0.2, 0.25) is 5.79 Å². The molecule has 4 atom stereocenters. The van der Waals surface area contributed by atoms with E-state index < -0.39 is 12.1 Å². The van der Waals surface area contributed by atoms with Crippen LogP contribution in [0.15, 0.2) is 0 Å². The van der Waals surface area contributed by atoms with Gasteiger partial charge in [-0.1, -0.05) is 6.92 Å². The highest BCUT2D eigenvalue weighted by molar-refractivity contribution is 5.75. The largest absolute Gasteiger partial charge is 0.433 e. The van der Waals surface area contributed by atoms with Crippen molar-refractivity contribution in [2.75, 3.05) is 13.2 Å². The Bertz CT molecular complexity index is 325. The predicted octanol–water partition coefficient (Wildman–Crippen LogP) is 1.06. The second kappa shape index (κ2) is 3.93. The molecule has 2 unspecified atom stereocenters. The fourth-order valence-electron chi connectivity index (χ4n) is 2.93. The summed E-state index contributed by atoms with van der Waals surface area (Å²) in [5.74, 6) is -1.01. The van der Waals surface area contributed by atoms with E-state index in [1.54, 1.807) is 0 Å². The molecule has 0 aromatic heterocycles. The molecule has 0 radical (unpaired) electrons. The highest BCUT2D eigenvalue weighted by Crippen LogP contribution is 2.43. The smallest absolute Gasteiger partial charge is 0.314 e. The zero-order valence-electron chi connectivity index (χ0n) is 10.2. The van der Waals surface area contributed by atoms with Crippen LogP contribution in [-0.4, -0.2) is 37.4 Å². The normalized spacial score (nSPS) is 46.9. The monoisotopic (exact) mass is 242 g/mol. The molecule has 5 nitrogen and oxygen atoms in total. The van der Waals surface area contributed by atoms with Gasteiger partial charge in [-0.25, -0.2) is 0 Å². The zero-order chi connectivity index (χ0) is 12.0. The summed E-state index contributed by atoms with van der Waals surface area (Å²) < 4.78 is 22.3. The summed E-state index contributed by atoms with van der Waals surface area (Å²) >= 11 is 0. The Morgan fingerprint density at radius 2 is 2.00 bits per heavy atom. The van der Waals surface area contributed by atoms with Crippen molar-refractivity contribution in [3.8, 4) is 0 Å². The standard InChI is InChI=1S/C12H18O5/c1-7-3-4-12(2)16-9(8(7)10(13)17-12)11-14-5-6-15-11/h7-9,11H,3-6H2,1-2H3/t7?,8-,9?,12+/m1/s1. The van der Waals surface area contributed by atoms with Gasteiger partial charge in [0, 0.05) is 13.3 Å². The number of carbonyl (C=O) groups excluding carboxylic acids is 1. The van der Waals surface area contributed by atoms with Gasteiger partial charge in [0.05, 0.1) is 19.1 Å². The Kier molecular flexibility index (Phi) is 2.65. The van der Waals surface area contributed by atoms with Gasteiger partial charge in [0.1, 0.15) is 6.10 Å². The number of ether oxygens (including phenoxy) is 4. The Labute approximate surface area is 100 Å². The molecule has 4 aliphatic heterocycles. The van der Waals surface area contributed by atoms with Crippen LogP contribution in [-0.2, 0) is 23.7 Å². The second-order valence-corrected chi connectivity index (χ2v) is 5.29. The van der Waals surface area contributed by atoms with Gasteiger partial charge in [-0.05, 0) is 12.3 Å². The molecule has 0 aliphatic carbocycles. The van der Waals surface area contributed by atoms with Crippen molar-refractivity contribution in [1.82, 2.24) is 0 Å². The number of carbonyl (C=O) groups is 1. The van der Waals surface area contributed by atoms with Crippen molar-refractivity contribution in [3.63, 3.8) is 0 Å². The minimum Gasteiger partial charge on any atom is -0.433 e. The van der Waals surface area contributed by atoms with Crippen LogP contribution in [0.25, 0.3) is 0 Å². The third-order valence-corrected chi connectivity index (χ3v) is 3.91. The second-order valence-electron chi connectivity index (χ2n) is 5.29. The van der Waals surface area contributed by atoms with Crippen LogP contribution >= 0.6 is 0 Å². The maximum absolute atomic E-state index is 12.0. The SMILES string of the molecule is CC1CC[C@]2(C)OC(=O)[C@H]1C(C1OCCO1)O2. The van der Waals surface area contributed by atoms with Gasteiger partial charge in [-0.3, -0.25) is 4.79 Å². The van der Waals surface area contributed by atoms with Crippen molar-refractivity contribution >= 4 is 5.97 Å². The lowest BCUT2D eigenvalue weighted by atomic mass is 9.86. The number of rotatable bonds is 1. The lowest BCUT2D eigenvalue weighted by molar-refractivity contribution is -0.306. The Morgan fingerprint density at radius 1 is 1.29 bits per heavy atom. The van der Waals surface area contributed by atoms with Gasteiger partial charge < -0.3 is 18.9 Å². The van der Waals surface area contributed by atoms with Crippen molar-refractivity contribution in [2.24, 2.45) is 11.8 Å². The van der Waals surface area contributed by atoms with E-state index in [1.165, 1.54) is 0 Å². The summed E-state index contributed by atoms with van der Waals surface area (Å²) in [6.07, 6.45) is 0.907. The Balaban J connectivity index is 1.90. The molecule has 17 heavy (non-hydrogen) atoms. The summed E-state index contributed by atoms with van der Waals surface area (Å²) in [5.41, 5.74) is 0. The van der Waals surface area contributed by atoms with Gasteiger partial charge >= 0.3 is 5.97 Å². The highest BCUT2D eigenvalue weighted by Gasteiger charge is 2.54. The van der Waals surface area contributed by atoms with E-state index in [2.05, 4.69) is 6.92 Å². The number of fused-ring (bicyclic) bond motifs is 4. The van der Waals surface area contributed by atoms with Crippen LogP contribution in [0.4, 0.5) is 0 Å². The molecule has 4 heterocycles. The van der Waals surface area contributed by atoms with E-state index in [1.807, 2.05) is 6.92 Å². The molecule has 2 bridgehead atoms. The predicted molar refractivity (Wildman–Crippen MR) is 57.0 cm³/mol. The van der Waals surface area contributed by atoms with Crippen LogP contribution in [0.1, 0.15) is 26.7 Å². The summed E-state index contributed by atoms with van der Waals surface area (Å²) in [6.45, 7) is 5.02. The average Bonchev–Trinajstić information content (AvgIpc) is 2.72. The molecule has 4 aliphatic rings. The first kappa shape index (κ1) is 11.4. The molecule has 4 rings (SSSR count). The van der Waals surface area contributed by atoms with E-state index in [-0.39, 0.29) is 23.9 Å². The van der Waals surface area contributed by atoms with E-state index in [9.17, 15) is 4.79 Å². The Morgan fingerprint density at radius 3 is 2.71 bits per heavy atom. The molecule has 0 amide bonds. The molecule has 0 aromatic rings. The van der Waals surface area contributed by atoms with E-state index in [4.69, 9.17) is 18.9 Å². The third kappa shape index (κ3) is 1.86. The molecule has 0 aromatic carbocycles. The molecule has 0 N–H and O–H groups in total. The van der Waals surface area contributed by atoms with Crippen molar-refractivity contribution in [3.05, 3.63) is 0 Å². The lowest BCUT2D eigenvalue weighted by Gasteiger charge is -2.40. The fourth-order valence-corrected chi connectivity index (χ4v) is 2.93. The van der Waals surface area contributed by atoms with Crippen LogP contribution < -0.4 is 0 Å². The van der Waals surface area contributed by atoms with Gasteiger partial charge in [-0.15, -0.1) is 0 Å². The number of hydrogen-bond donors (Lipinski definition) is 0. The third-order valence-electron chi connectivity index (χ3n) is 3.91. The summed E-state index contributed by atoms with van der Waals surface area (Å²) in [5, 5.41) is 0. The topological polar surface area (TPSA) is 54.0 Å². The van der Waals surface area contributed by atoms with Crippen molar-refractivity contribution < 1.29 is 23.7 Å². The van der Waals surface area contributed by atoms with Crippen molar-refractivity contribution in [2.45, 2.75) is 44.9 Å². The van der Waals surface area contributed by atoms with Gasteiger partial charge in [-0.2, -0.15) is 0 Å². The average molecular weight is 242 g/mol. The highest BCUT2D eigenvalue weighted by atomic mass is 16.8. The summed E-state index contributed by atoms with van der Waals surface area (Å²) in [7, 11) is 0. The van der Waals surface area contributed by atoms with Crippen LogP contribution in [0.2, 0.25) is 0 Å². The summed E-state index contributed by atoms with van der Waals surface area (Å²) in [4.78, 5) is 12.0. The minimum absolute atomic E-state index is 0.173. The molecule has 5 heteroatoms. The molecule has 4 fully saturated rings. The molecule has 0 saturated carbocycles. The Hall–Kier alpha value is -0.650. The van der Waals surface area contributed by atoms with Crippen LogP contribution in [0, 0.1) is 11.8 Å². The first-order valence-electron chi connectivity index (χ1n) is 6.23. The molecular formula is C12H18O5. The van der Waals surface area contributed by atoms with E-state index >= 15 is 0 Å². The van der Waals surface area contributed by atoms with Gasteiger partial charge in [0.25, 0.3) is 0 Å². The summed E-state index contributed by atoms with van der Waals surface area (Å²) in [6, 6.07) is 0. The first-order chi connectivity index (χ1) is 8.09. The van der Waals surface area contributed by atoms with Crippen molar-refractivity contribution in [1.29, 1.82) is 0 Å². The molecule has 0 spiro atoms. The number of hydrogen-bond acceptors (Lipinski definition) is 5. The van der Waals surface area contributed by atoms with Crippen LogP contribution in [0.5, 0.6) is 0 Å². The van der Waals surface area contributed by atoms with E-state index in [0.717, 1.165) is 12.8 Å². The quantitative estimate of drug-likeness (QED) is 0.644. The molecule has 96 valence electrons. The number of esters is 1. The van der Waals surface area contributed by atoms with Crippen LogP contribution in [0.3, 0.4) is 0 Å². The maximum atomic E-state index is 12.0. The molecule has 4 saturated heterocycles. The van der Waals surface area contributed by atoms with Gasteiger partial charge in [0.15, 0.2) is 6.29 Å². The zero-order valence-corrected chi connectivity index (χ0v) is 10.2. The lowest BCUT2D eigenvalue weighted by Crippen LogP contribution is -2.53. The van der Waals surface area contributed by atoms with E-state index in [0.29, 0.717) is 13.2 Å². The minimum atomic E-state index is -0.807. The fraction of sp³-hybridized carbons (Fsp3) is 0.917.